The molecule has 0 radical (unpaired) electrons. The third-order valence-electron chi connectivity index (χ3n) is 5.58. The summed E-state index contributed by atoms with van der Waals surface area (Å²) in [5, 5.41) is 29.6. The molecule has 0 unspecified atom stereocenters. The maximum absolute atomic E-state index is 13.2. The SMILES string of the molecule is NC(N)=Nc1ccc2c(c1)CCCOc1c(cc(CCC(=O)O)cc1C(=O)N[C@@H](CC(=O)O)C(=O)O)OC2=O. The number of carboxylic acids is 3. The minimum Gasteiger partial charge on any atom is -0.489 e. The molecular formula is C25H26N4O10. The van der Waals surface area contributed by atoms with Crippen LogP contribution in [-0.4, -0.2) is 63.7 Å². The van der Waals surface area contributed by atoms with Crippen LogP contribution in [0.3, 0.4) is 0 Å². The number of benzene rings is 2. The van der Waals surface area contributed by atoms with Gasteiger partial charge in [-0.15, -0.1) is 0 Å². The number of aliphatic imine (C=N–C) groups is 1. The number of aryl methyl sites for hydroxylation is 2. The zero-order chi connectivity index (χ0) is 28.7. The molecule has 1 aliphatic rings. The Balaban J connectivity index is 2.06. The first-order chi connectivity index (χ1) is 18.4. The van der Waals surface area contributed by atoms with E-state index < -0.39 is 42.2 Å². The lowest BCUT2D eigenvalue weighted by Gasteiger charge is -2.20. The van der Waals surface area contributed by atoms with E-state index in [9.17, 15) is 29.1 Å². The average Bonchev–Trinajstić information content (AvgIpc) is 2.84. The highest BCUT2D eigenvalue weighted by atomic mass is 16.6. The Hall–Kier alpha value is -5.14. The van der Waals surface area contributed by atoms with Gasteiger partial charge in [0.05, 0.1) is 29.8 Å². The van der Waals surface area contributed by atoms with Crippen molar-refractivity contribution in [3.63, 3.8) is 0 Å². The van der Waals surface area contributed by atoms with Crippen LogP contribution in [0.1, 0.15) is 51.1 Å². The van der Waals surface area contributed by atoms with Crippen molar-refractivity contribution in [1.82, 2.24) is 5.32 Å². The molecule has 0 spiro atoms. The van der Waals surface area contributed by atoms with Crippen LogP contribution < -0.4 is 26.3 Å². The number of ether oxygens (including phenoxy) is 2. The van der Waals surface area contributed by atoms with Gasteiger partial charge in [-0.3, -0.25) is 14.4 Å². The van der Waals surface area contributed by atoms with E-state index in [1.165, 1.54) is 24.3 Å². The number of hydrogen-bond acceptors (Lipinski definition) is 8. The van der Waals surface area contributed by atoms with Crippen LogP contribution in [0, 0.1) is 0 Å². The molecule has 0 aliphatic carbocycles. The van der Waals surface area contributed by atoms with Crippen molar-refractivity contribution in [3.8, 4) is 11.5 Å². The van der Waals surface area contributed by atoms with Crippen LogP contribution in [0.15, 0.2) is 35.3 Å². The second kappa shape index (κ2) is 12.4. The number of amides is 1. The number of carboxylic acid groups (broad SMARTS) is 3. The van der Waals surface area contributed by atoms with Gasteiger partial charge in [0.1, 0.15) is 6.04 Å². The summed E-state index contributed by atoms with van der Waals surface area (Å²) in [6.45, 7) is 0.0444. The van der Waals surface area contributed by atoms with E-state index in [-0.39, 0.29) is 53.6 Å². The molecule has 0 bridgehead atoms. The summed E-state index contributed by atoms with van der Waals surface area (Å²) < 4.78 is 11.4. The molecule has 14 nitrogen and oxygen atoms in total. The van der Waals surface area contributed by atoms with Gasteiger partial charge in [-0.05, 0) is 60.7 Å². The summed E-state index contributed by atoms with van der Waals surface area (Å²) in [7, 11) is 0. The second-order valence-corrected chi connectivity index (χ2v) is 8.55. The molecule has 2 aromatic rings. The molecule has 0 saturated heterocycles. The first-order valence-electron chi connectivity index (χ1n) is 11.7. The van der Waals surface area contributed by atoms with Crippen molar-refractivity contribution in [1.29, 1.82) is 0 Å². The molecule has 1 atom stereocenters. The molecule has 0 fully saturated rings. The highest BCUT2D eigenvalue weighted by Gasteiger charge is 2.28. The van der Waals surface area contributed by atoms with Crippen LogP contribution in [0.5, 0.6) is 11.5 Å². The molecule has 2 aromatic carbocycles. The van der Waals surface area contributed by atoms with Gasteiger partial charge >= 0.3 is 23.9 Å². The van der Waals surface area contributed by atoms with Gasteiger partial charge in [-0.1, -0.05) is 0 Å². The number of nitrogens with zero attached hydrogens (tertiary/aromatic N) is 1. The number of carbonyl (C=O) groups excluding carboxylic acids is 2. The number of rotatable bonds is 9. The molecule has 0 saturated carbocycles. The molecule has 206 valence electrons. The Kier molecular flexibility index (Phi) is 9.04. The zero-order valence-electron chi connectivity index (χ0n) is 20.5. The number of guanidine groups is 1. The summed E-state index contributed by atoms with van der Waals surface area (Å²) in [5.74, 6) is -6.49. The minimum atomic E-state index is -1.76. The van der Waals surface area contributed by atoms with Gasteiger partial charge in [0.25, 0.3) is 5.91 Å². The van der Waals surface area contributed by atoms with Crippen LogP contribution in [-0.2, 0) is 27.2 Å². The van der Waals surface area contributed by atoms with Crippen molar-refractivity contribution in [2.45, 2.75) is 38.1 Å². The smallest absolute Gasteiger partial charge is 0.343 e. The summed E-state index contributed by atoms with van der Waals surface area (Å²) >= 11 is 0. The van der Waals surface area contributed by atoms with Gasteiger partial charge in [-0.2, -0.15) is 0 Å². The number of esters is 1. The van der Waals surface area contributed by atoms with E-state index in [2.05, 4.69) is 10.3 Å². The second-order valence-electron chi connectivity index (χ2n) is 8.55. The number of nitrogens with two attached hydrogens (primary N) is 2. The van der Waals surface area contributed by atoms with Gasteiger partial charge in [0, 0.05) is 6.42 Å². The van der Waals surface area contributed by atoms with Crippen LogP contribution >= 0.6 is 0 Å². The Labute approximate surface area is 221 Å². The van der Waals surface area contributed by atoms with E-state index >= 15 is 0 Å². The third kappa shape index (κ3) is 7.67. The number of aliphatic carboxylic acids is 3. The number of carbonyl (C=O) groups is 5. The molecule has 1 amide bonds. The standard InChI is InChI=1S/C25H26N4O10/c26-25(27)28-14-4-5-15-13(10-14)2-1-7-38-21-16(22(34)29-17(23(35)36)11-20(32)33)8-12(3-6-19(30)31)9-18(21)39-24(15)37/h4-5,8-10,17H,1-3,6-7,11H2,(H,29,34)(H,30,31)(H,32,33)(H,35,36)(H4,26,27,28)/t17-/m0/s1. The quantitative estimate of drug-likeness (QED) is 0.112. The summed E-state index contributed by atoms with van der Waals surface area (Å²) in [4.78, 5) is 64.0. The van der Waals surface area contributed by atoms with E-state index in [4.69, 9.17) is 31.2 Å². The molecule has 8 N–H and O–H groups in total. The fourth-order valence-corrected chi connectivity index (χ4v) is 3.86. The fourth-order valence-electron chi connectivity index (χ4n) is 3.86. The highest BCUT2D eigenvalue weighted by molar-refractivity contribution is 6.01. The maximum atomic E-state index is 13.2. The lowest BCUT2D eigenvalue weighted by molar-refractivity contribution is -0.145. The predicted octanol–water partition coefficient (Wildman–Crippen LogP) is 0.811. The Morgan fingerprint density at radius 3 is 2.44 bits per heavy atom. The molecule has 1 heterocycles. The third-order valence-corrected chi connectivity index (χ3v) is 5.58. The van der Waals surface area contributed by atoms with E-state index in [1.54, 1.807) is 6.07 Å². The van der Waals surface area contributed by atoms with Crippen LogP contribution in [0.25, 0.3) is 0 Å². The molecule has 14 heteroatoms. The summed E-state index contributed by atoms with van der Waals surface area (Å²) in [6, 6.07) is 5.49. The molecule has 3 rings (SSSR count). The van der Waals surface area contributed by atoms with E-state index in [0.29, 0.717) is 24.1 Å². The summed E-state index contributed by atoms with van der Waals surface area (Å²) in [5.41, 5.74) is 12.1. The van der Waals surface area contributed by atoms with Crippen LogP contribution in [0.4, 0.5) is 5.69 Å². The topological polar surface area (TPSA) is 241 Å². The molecular weight excluding hydrogens is 516 g/mol. The highest BCUT2D eigenvalue weighted by Crippen LogP contribution is 2.36. The van der Waals surface area contributed by atoms with E-state index in [1.807, 2.05) is 0 Å². The first-order valence-corrected chi connectivity index (χ1v) is 11.7. The zero-order valence-corrected chi connectivity index (χ0v) is 20.5. The van der Waals surface area contributed by atoms with Crippen molar-refractivity contribution < 1.29 is 48.8 Å². The van der Waals surface area contributed by atoms with Gasteiger partial charge < -0.3 is 41.6 Å². The normalized spacial score (nSPS) is 13.4. The van der Waals surface area contributed by atoms with Crippen molar-refractivity contribution >= 4 is 41.4 Å². The Morgan fingerprint density at radius 2 is 1.79 bits per heavy atom. The first kappa shape index (κ1) is 28.4. The molecule has 1 aliphatic heterocycles. The van der Waals surface area contributed by atoms with Crippen molar-refractivity contribution in [2.75, 3.05) is 6.61 Å². The average molecular weight is 543 g/mol. The molecule has 39 heavy (non-hydrogen) atoms. The minimum absolute atomic E-state index is 0.0444. The monoisotopic (exact) mass is 542 g/mol. The largest absolute Gasteiger partial charge is 0.489 e. The summed E-state index contributed by atoms with van der Waals surface area (Å²) in [6.07, 6.45) is -0.538. The molecule has 0 aromatic heterocycles. The van der Waals surface area contributed by atoms with Crippen molar-refractivity contribution in [3.05, 3.63) is 52.6 Å². The Morgan fingerprint density at radius 1 is 1.05 bits per heavy atom. The number of hydrogen-bond donors (Lipinski definition) is 6. The van der Waals surface area contributed by atoms with Gasteiger partial charge in [0.15, 0.2) is 17.5 Å². The van der Waals surface area contributed by atoms with Gasteiger partial charge in [-0.25, -0.2) is 14.6 Å². The fraction of sp³-hybridized carbons (Fsp3) is 0.280. The maximum Gasteiger partial charge on any atom is 0.343 e. The predicted molar refractivity (Wildman–Crippen MR) is 134 cm³/mol. The Bertz CT molecular complexity index is 1350. The number of fused-ring (bicyclic) bond motifs is 2. The lowest BCUT2D eigenvalue weighted by Crippen LogP contribution is -2.42. The van der Waals surface area contributed by atoms with Crippen LogP contribution in [0.2, 0.25) is 0 Å². The number of nitrogens with one attached hydrogen (secondary N) is 1. The van der Waals surface area contributed by atoms with Crippen molar-refractivity contribution in [2.24, 2.45) is 16.5 Å². The lowest BCUT2D eigenvalue weighted by atomic mass is 10.0. The van der Waals surface area contributed by atoms with Gasteiger partial charge in [0.2, 0.25) is 0 Å². The van der Waals surface area contributed by atoms with E-state index in [0.717, 1.165) is 0 Å².